The summed E-state index contributed by atoms with van der Waals surface area (Å²) >= 11 is 1.38. The molecule has 0 spiro atoms. The molecule has 3 nitrogen and oxygen atoms in total. The molecule has 2 rings (SSSR count). The Morgan fingerprint density at radius 3 is 2.76 bits per heavy atom. The minimum absolute atomic E-state index is 0.290. The number of rotatable bonds is 5. The molecule has 6 heteroatoms. The van der Waals surface area contributed by atoms with Crippen molar-refractivity contribution in [3.63, 3.8) is 0 Å². The van der Waals surface area contributed by atoms with Crippen LogP contribution in [0.4, 0.5) is 8.78 Å². The summed E-state index contributed by atoms with van der Waals surface area (Å²) in [5.41, 5.74) is 0.611. The second-order valence-corrected chi connectivity index (χ2v) is 5.79. The van der Waals surface area contributed by atoms with Crippen LogP contribution in [0.2, 0.25) is 0 Å². The first kappa shape index (κ1) is 15.6. The SMILES string of the molecule is CCC[C@H](NC(=O)c1csc(C)n1)c1ccc(F)cc1F. The van der Waals surface area contributed by atoms with Crippen molar-refractivity contribution in [1.29, 1.82) is 0 Å². The van der Waals surface area contributed by atoms with Crippen LogP contribution in [0, 0.1) is 18.6 Å². The Labute approximate surface area is 126 Å². The Hall–Kier alpha value is -1.82. The lowest BCUT2D eigenvalue weighted by Crippen LogP contribution is -2.29. The van der Waals surface area contributed by atoms with E-state index in [0.717, 1.165) is 17.5 Å². The van der Waals surface area contributed by atoms with Crippen molar-refractivity contribution in [1.82, 2.24) is 10.3 Å². The van der Waals surface area contributed by atoms with E-state index in [-0.39, 0.29) is 5.91 Å². The molecular weight excluding hydrogens is 294 g/mol. The van der Waals surface area contributed by atoms with Gasteiger partial charge in [-0.3, -0.25) is 4.79 Å². The molecule has 0 aliphatic heterocycles. The molecule has 1 amide bonds. The highest BCUT2D eigenvalue weighted by atomic mass is 32.1. The molecule has 0 radical (unpaired) electrons. The highest BCUT2D eigenvalue weighted by molar-refractivity contribution is 7.09. The van der Waals surface area contributed by atoms with Crippen LogP contribution in [0.25, 0.3) is 0 Å². The maximum atomic E-state index is 13.9. The zero-order chi connectivity index (χ0) is 15.4. The first-order valence-corrected chi connectivity index (χ1v) is 7.57. The first-order valence-electron chi connectivity index (χ1n) is 6.69. The number of halogens is 2. The van der Waals surface area contributed by atoms with Gasteiger partial charge in [0, 0.05) is 17.0 Å². The van der Waals surface area contributed by atoms with Crippen molar-refractivity contribution < 1.29 is 13.6 Å². The summed E-state index contributed by atoms with van der Waals surface area (Å²) in [7, 11) is 0. The molecule has 0 fully saturated rings. The van der Waals surface area contributed by atoms with Gasteiger partial charge in [-0.1, -0.05) is 19.4 Å². The molecule has 0 aliphatic rings. The number of hydrogen-bond donors (Lipinski definition) is 1. The van der Waals surface area contributed by atoms with E-state index in [1.807, 2.05) is 13.8 Å². The zero-order valence-electron chi connectivity index (χ0n) is 11.8. The molecule has 0 bridgehead atoms. The molecule has 1 heterocycles. The number of carbonyl (C=O) groups is 1. The van der Waals surface area contributed by atoms with Crippen molar-refractivity contribution in [3.05, 3.63) is 51.5 Å². The summed E-state index contributed by atoms with van der Waals surface area (Å²) in [5, 5.41) is 5.22. The Balaban J connectivity index is 2.20. The number of thiazole rings is 1. The van der Waals surface area contributed by atoms with Crippen LogP contribution >= 0.6 is 11.3 Å². The van der Waals surface area contributed by atoms with Gasteiger partial charge in [0.1, 0.15) is 17.3 Å². The Bertz CT molecular complexity index is 642. The molecule has 0 aliphatic carbocycles. The average Bonchev–Trinajstić information content (AvgIpc) is 2.85. The van der Waals surface area contributed by atoms with Gasteiger partial charge in [0.25, 0.3) is 5.91 Å². The minimum atomic E-state index is -0.650. The fourth-order valence-electron chi connectivity index (χ4n) is 2.08. The van der Waals surface area contributed by atoms with Gasteiger partial charge in [-0.05, 0) is 19.4 Å². The van der Waals surface area contributed by atoms with Crippen LogP contribution < -0.4 is 5.32 Å². The van der Waals surface area contributed by atoms with Gasteiger partial charge < -0.3 is 5.32 Å². The first-order chi connectivity index (χ1) is 10.0. The normalized spacial score (nSPS) is 12.2. The Morgan fingerprint density at radius 1 is 1.43 bits per heavy atom. The maximum absolute atomic E-state index is 13.9. The van der Waals surface area contributed by atoms with Crippen LogP contribution in [-0.2, 0) is 0 Å². The fourth-order valence-corrected chi connectivity index (χ4v) is 2.67. The molecule has 1 aromatic carbocycles. The van der Waals surface area contributed by atoms with Crippen LogP contribution in [0.1, 0.15) is 46.9 Å². The average molecular weight is 310 g/mol. The third-order valence-electron chi connectivity index (χ3n) is 3.07. The summed E-state index contributed by atoms with van der Waals surface area (Å²) < 4.78 is 26.9. The molecule has 21 heavy (non-hydrogen) atoms. The second-order valence-electron chi connectivity index (χ2n) is 4.73. The highest BCUT2D eigenvalue weighted by Gasteiger charge is 2.20. The third-order valence-corrected chi connectivity index (χ3v) is 3.85. The molecule has 1 N–H and O–H groups in total. The molecule has 112 valence electrons. The minimum Gasteiger partial charge on any atom is -0.344 e. The van der Waals surface area contributed by atoms with Crippen LogP contribution in [-0.4, -0.2) is 10.9 Å². The molecule has 1 aromatic heterocycles. The van der Waals surface area contributed by atoms with Crippen molar-refractivity contribution in [2.24, 2.45) is 0 Å². The third kappa shape index (κ3) is 3.85. The summed E-state index contributed by atoms with van der Waals surface area (Å²) in [5.74, 6) is -1.63. The monoisotopic (exact) mass is 310 g/mol. The van der Waals surface area contributed by atoms with Crippen molar-refractivity contribution >= 4 is 17.2 Å². The van der Waals surface area contributed by atoms with Crippen molar-refractivity contribution in [2.45, 2.75) is 32.7 Å². The van der Waals surface area contributed by atoms with E-state index in [1.165, 1.54) is 23.5 Å². The van der Waals surface area contributed by atoms with Crippen LogP contribution in [0.3, 0.4) is 0 Å². The van der Waals surface area contributed by atoms with Gasteiger partial charge in [-0.25, -0.2) is 13.8 Å². The topological polar surface area (TPSA) is 42.0 Å². The standard InChI is InChI=1S/C15H16F2N2OS/c1-3-4-13(11-6-5-10(16)7-12(11)17)19-15(20)14-8-21-9(2)18-14/h5-8,13H,3-4H2,1-2H3,(H,19,20)/t13-/m0/s1. The fraction of sp³-hybridized carbons (Fsp3) is 0.333. The lowest BCUT2D eigenvalue weighted by atomic mass is 10.0. The quantitative estimate of drug-likeness (QED) is 0.907. The van der Waals surface area contributed by atoms with Crippen LogP contribution in [0.5, 0.6) is 0 Å². The van der Waals surface area contributed by atoms with Crippen molar-refractivity contribution in [2.75, 3.05) is 0 Å². The summed E-state index contributed by atoms with van der Waals surface area (Å²) in [6.07, 6.45) is 1.33. The van der Waals surface area contributed by atoms with Crippen molar-refractivity contribution in [3.8, 4) is 0 Å². The van der Waals surface area contributed by atoms with E-state index in [1.54, 1.807) is 5.38 Å². The van der Waals surface area contributed by atoms with E-state index in [0.29, 0.717) is 17.7 Å². The predicted octanol–water partition coefficient (Wildman–Crippen LogP) is 4.00. The Morgan fingerprint density at radius 2 is 2.19 bits per heavy atom. The van der Waals surface area contributed by atoms with Gasteiger partial charge in [0.15, 0.2) is 0 Å². The van der Waals surface area contributed by atoms with E-state index in [9.17, 15) is 13.6 Å². The number of aryl methyl sites for hydroxylation is 1. The Kier molecular flexibility index (Phi) is 5.01. The number of aromatic nitrogens is 1. The molecule has 0 saturated heterocycles. The highest BCUT2D eigenvalue weighted by Crippen LogP contribution is 2.23. The van der Waals surface area contributed by atoms with E-state index in [2.05, 4.69) is 10.3 Å². The van der Waals surface area contributed by atoms with Gasteiger partial charge >= 0.3 is 0 Å². The molecule has 1 atom stereocenters. The number of nitrogens with zero attached hydrogens (tertiary/aromatic N) is 1. The summed E-state index contributed by atoms with van der Waals surface area (Å²) in [6, 6.07) is 2.90. The van der Waals surface area contributed by atoms with Gasteiger partial charge in [-0.2, -0.15) is 0 Å². The molecule has 0 saturated carbocycles. The summed E-state index contributed by atoms with van der Waals surface area (Å²) in [6.45, 7) is 3.75. The van der Waals surface area contributed by atoms with Gasteiger partial charge in [-0.15, -0.1) is 11.3 Å². The molecule has 2 aromatic rings. The lowest BCUT2D eigenvalue weighted by Gasteiger charge is -2.18. The second kappa shape index (κ2) is 6.76. The van der Waals surface area contributed by atoms with E-state index >= 15 is 0 Å². The molecular formula is C15H16F2N2OS. The summed E-state index contributed by atoms with van der Waals surface area (Å²) in [4.78, 5) is 16.2. The van der Waals surface area contributed by atoms with E-state index < -0.39 is 17.7 Å². The number of amides is 1. The number of benzene rings is 1. The molecule has 0 unspecified atom stereocenters. The van der Waals surface area contributed by atoms with E-state index in [4.69, 9.17) is 0 Å². The number of carbonyl (C=O) groups excluding carboxylic acids is 1. The predicted molar refractivity (Wildman–Crippen MR) is 78.3 cm³/mol. The smallest absolute Gasteiger partial charge is 0.271 e. The lowest BCUT2D eigenvalue weighted by molar-refractivity contribution is 0.0929. The van der Waals surface area contributed by atoms with Gasteiger partial charge in [0.2, 0.25) is 0 Å². The van der Waals surface area contributed by atoms with Crippen LogP contribution in [0.15, 0.2) is 23.6 Å². The largest absolute Gasteiger partial charge is 0.344 e. The van der Waals surface area contributed by atoms with Gasteiger partial charge in [0.05, 0.1) is 11.0 Å². The number of hydrogen-bond acceptors (Lipinski definition) is 3. The zero-order valence-corrected chi connectivity index (χ0v) is 12.6. The maximum Gasteiger partial charge on any atom is 0.271 e. The number of nitrogens with one attached hydrogen (secondary N) is 1.